The molecule has 3 N–H and O–H groups in total. The minimum absolute atomic E-state index is 0.102. The molecule has 0 heterocycles. The predicted molar refractivity (Wildman–Crippen MR) is 99.7 cm³/mol. The van der Waals surface area contributed by atoms with E-state index in [0.29, 0.717) is 16.7 Å². The number of aromatic hydroxyl groups is 1. The van der Waals surface area contributed by atoms with Crippen LogP contribution in [0.15, 0.2) is 90.0 Å². The Morgan fingerprint density at radius 3 is 2.00 bits per heavy atom. The number of hydrazone groups is 1. The molecule has 0 saturated heterocycles. The van der Waals surface area contributed by atoms with Crippen LogP contribution in [0.2, 0.25) is 0 Å². The first-order chi connectivity index (χ1) is 12.6. The number of rotatable bonds is 5. The summed E-state index contributed by atoms with van der Waals surface area (Å²) in [5.74, 6) is -0.573. The third-order valence-electron chi connectivity index (χ3n) is 3.96. The minimum Gasteiger partial charge on any atom is -0.508 e. The smallest absolute Gasteiger partial charge is 0.281 e. The van der Waals surface area contributed by atoms with E-state index in [9.17, 15) is 15.0 Å². The standard InChI is InChI=1S/C21H18N2O3/c24-19-13-7-8-16(14-19)15-22-23-20(25)21(26,17-9-3-1-4-10-17)18-11-5-2-6-12-18/h1-15,24,26H,(H,23,25). The number of benzene rings is 3. The number of hydrogen-bond acceptors (Lipinski definition) is 4. The van der Waals surface area contributed by atoms with Crippen molar-refractivity contribution in [2.24, 2.45) is 5.10 Å². The maximum atomic E-state index is 12.8. The lowest BCUT2D eigenvalue weighted by atomic mass is 9.85. The number of hydrogen-bond donors (Lipinski definition) is 3. The third-order valence-corrected chi connectivity index (χ3v) is 3.96. The summed E-state index contributed by atoms with van der Waals surface area (Å²) < 4.78 is 0. The van der Waals surface area contributed by atoms with E-state index >= 15 is 0 Å². The summed E-state index contributed by atoms with van der Waals surface area (Å²) >= 11 is 0. The first-order valence-corrected chi connectivity index (χ1v) is 8.06. The van der Waals surface area contributed by atoms with Crippen molar-refractivity contribution in [3.63, 3.8) is 0 Å². The lowest BCUT2D eigenvalue weighted by Gasteiger charge is -2.27. The number of nitrogens with zero attached hydrogens (tertiary/aromatic N) is 1. The van der Waals surface area contributed by atoms with Crippen molar-refractivity contribution >= 4 is 12.1 Å². The van der Waals surface area contributed by atoms with Crippen molar-refractivity contribution in [2.45, 2.75) is 5.60 Å². The van der Waals surface area contributed by atoms with Crippen LogP contribution in [0.5, 0.6) is 5.75 Å². The maximum Gasteiger partial charge on any atom is 0.281 e. The molecule has 0 bridgehead atoms. The number of nitrogens with one attached hydrogen (secondary N) is 1. The van der Waals surface area contributed by atoms with Gasteiger partial charge < -0.3 is 10.2 Å². The second-order valence-corrected chi connectivity index (χ2v) is 5.74. The first kappa shape index (κ1) is 17.4. The number of phenols is 1. The molecule has 0 atom stereocenters. The molecule has 0 spiro atoms. The van der Waals surface area contributed by atoms with Gasteiger partial charge in [0.05, 0.1) is 6.21 Å². The molecule has 0 aliphatic carbocycles. The molecule has 0 unspecified atom stereocenters. The fourth-order valence-corrected chi connectivity index (χ4v) is 2.64. The van der Waals surface area contributed by atoms with E-state index in [0.717, 1.165) is 0 Å². The summed E-state index contributed by atoms with van der Waals surface area (Å²) in [5.41, 5.74) is 2.01. The molecule has 0 aliphatic rings. The molecule has 5 heteroatoms. The van der Waals surface area contributed by atoms with Crippen LogP contribution in [0.4, 0.5) is 0 Å². The molecule has 3 rings (SSSR count). The Labute approximate surface area is 151 Å². The normalized spacial score (nSPS) is 11.4. The van der Waals surface area contributed by atoms with E-state index in [4.69, 9.17) is 0 Å². The molecule has 3 aromatic rings. The van der Waals surface area contributed by atoms with Crippen LogP contribution >= 0.6 is 0 Å². The maximum absolute atomic E-state index is 12.8. The monoisotopic (exact) mass is 346 g/mol. The number of phenolic OH excluding ortho intramolecular Hbond substituents is 1. The molecule has 0 fully saturated rings. The average Bonchev–Trinajstić information content (AvgIpc) is 2.68. The van der Waals surface area contributed by atoms with Gasteiger partial charge in [-0.25, -0.2) is 5.43 Å². The summed E-state index contributed by atoms with van der Waals surface area (Å²) in [6.07, 6.45) is 1.40. The average molecular weight is 346 g/mol. The van der Waals surface area contributed by atoms with Gasteiger partial charge >= 0.3 is 0 Å². The fourth-order valence-electron chi connectivity index (χ4n) is 2.64. The van der Waals surface area contributed by atoms with Crippen molar-refractivity contribution in [2.75, 3.05) is 0 Å². The van der Waals surface area contributed by atoms with Crippen molar-refractivity contribution in [3.05, 3.63) is 102 Å². The number of carbonyl (C=O) groups excluding carboxylic acids is 1. The van der Waals surface area contributed by atoms with E-state index in [-0.39, 0.29) is 5.75 Å². The summed E-state index contributed by atoms with van der Waals surface area (Å²) in [7, 11) is 0. The van der Waals surface area contributed by atoms with E-state index < -0.39 is 11.5 Å². The quantitative estimate of drug-likeness (QED) is 0.491. The summed E-state index contributed by atoms with van der Waals surface area (Å²) in [4.78, 5) is 12.8. The van der Waals surface area contributed by atoms with Gasteiger partial charge in [-0.3, -0.25) is 4.79 Å². The first-order valence-electron chi connectivity index (χ1n) is 8.06. The van der Waals surface area contributed by atoms with E-state index in [2.05, 4.69) is 10.5 Å². The zero-order valence-electron chi connectivity index (χ0n) is 13.9. The summed E-state index contributed by atoms with van der Waals surface area (Å²) in [5, 5.41) is 24.6. The van der Waals surface area contributed by atoms with Crippen molar-refractivity contribution < 1.29 is 15.0 Å². The SMILES string of the molecule is O=C(NN=Cc1cccc(O)c1)C(O)(c1ccccc1)c1ccccc1. The van der Waals surface area contributed by atoms with E-state index in [1.165, 1.54) is 12.3 Å². The van der Waals surface area contributed by atoms with Gasteiger partial charge in [-0.1, -0.05) is 72.8 Å². The van der Waals surface area contributed by atoms with Gasteiger partial charge in [0.25, 0.3) is 5.91 Å². The minimum atomic E-state index is -1.88. The lowest BCUT2D eigenvalue weighted by Crippen LogP contribution is -2.43. The highest BCUT2D eigenvalue weighted by atomic mass is 16.3. The molecule has 0 aromatic heterocycles. The molecule has 1 amide bonds. The highest BCUT2D eigenvalue weighted by Gasteiger charge is 2.39. The highest BCUT2D eigenvalue weighted by Crippen LogP contribution is 2.29. The lowest BCUT2D eigenvalue weighted by molar-refractivity contribution is -0.136. The number of carbonyl (C=O) groups is 1. The molecule has 0 radical (unpaired) electrons. The van der Waals surface area contributed by atoms with Gasteiger partial charge in [0, 0.05) is 0 Å². The van der Waals surface area contributed by atoms with Crippen LogP contribution in [-0.2, 0) is 10.4 Å². The molecule has 26 heavy (non-hydrogen) atoms. The summed E-state index contributed by atoms with van der Waals surface area (Å²) in [6.45, 7) is 0. The Morgan fingerprint density at radius 1 is 0.885 bits per heavy atom. The van der Waals surface area contributed by atoms with Crippen molar-refractivity contribution in [1.29, 1.82) is 0 Å². The van der Waals surface area contributed by atoms with Crippen LogP contribution in [0.3, 0.4) is 0 Å². The zero-order chi connectivity index (χ0) is 18.4. The Morgan fingerprint density at radius 2 is 1.46 bits per heavy atom. The molecule has 5 nitrogen and oxygen atoms in total. The Hall–Kier alpha value is -3.44. The zero-order valence-corrected chi connectivity index (χ0v) is 13.9. The van der Waals surface area contributed by atoms with Crippen molar-refractivity contribution in [1.82, 2.24) is 5.43 Å². The molecule has 0 saturated carbocycles. The van der Waals surface area contributed by atoms with Crippen LogP contribution in [-0.4, -0.2) is 22.3 Å². The second-order valence-electron chi connectivity index (χ2n) is 5.74. The Kier molecular flexibility index (Phi) is 5.10. The van der Waals surface area contributed by atoms with Gasteiger partial charge in [0.15, 0.2) is 5.60 Å². The van der Waals surface area contributed by atoms with E-state index in [1.807, 2.05) is 12.1 Å². The highest BCUT2D eigenvalue weighted by molar-refractivity contribution is 5.91. The van der Waals surface area contributed by atoms with E-state index in [1.54, 1.807) is 66.7 Å². The number of aliphatic hydroxyl groups is 1. The van der Waals surface area contributed by atoms with Gasteiger partial charge in [-0.2, -0.15) is 5.10 Å². The predicted octanol–water partition coefficient (Wildman–Crippen LogP) is 2.78. The topological polar surface area (TPSA) is 81.9 Å². The Bertz CT molecular complexity index is 869. The molecule has 130 valence electrons. The van der Waals surface area contributed by atoms with Crippen LogP contribution in [0.25, 0.3) is 0 Å². The summed E-state index contributed by atoms with van der Waals surface area (Å²) in [6, 6.07) is 23.8. The van der Waals surface area contributed by atoms with Crippen molar-refractivity contribution in [3.8, 4) is 5.75 Å². The van der Waals surface area contributed by atoms with Crippen LogP contribution in [0.1, 0.15) is 16.7 Å². The third kappa shape index (κ3) is 3.63. The molecular formula is C21H18N2O3. The largest absolute Gasteiger partial charge is 0.508 e. The second kappa shape index (κ2) is 7.63. The fraction of sp³-hybridized carbons (Fsp3) is 0.0476. The molecule has 3 aromatic carbocycles. The number of amides is 1. The van der Waals surface area contributed by atoms with Gasteiger partial charge in [0.2, 0.25) is 0 Å². The van der Waals surface area contributed by atoms with Crippen LogP contribution in [0, 0.1) is 0 Å². The molecule has 0 aliphatic heterocycles. The van der Waals surface area contributed by atoms with Gasteiger partial charge in [-0.05, 0) is 28.8 Å². The van der Waals surface area contributed by atoms with Gasteiger partial charge in [-0.15, -0.1) is 0 Å². The van der Waals surface area contributed by atoms with Gasteiger partial charge in [0.1, 0.15) is 5.75 Å². The Balaban J connectivity index is 1.89. The molecular weight excluding hydrogens is 328 g/mol. The van der Waals surface area contributed by atoms with Crippen LogP contribution < -0.4 is 5.43 Å².